The molecular weight excluding hydrogens is 454 g/mol. The molecule has 0 aromatic heterocycles. The number of halogens is 3. The van der Waals surface area contributed by atoms with Gasteiger partial charge in [-0.1, -0.05) is 11.6 Å². The van der Waals surface area contributed by atoms with Gasteiger partial charge in [0.15, 0.2) is 0 Å². The molecule has 2 rings (SSSR count). The van der Waals surface area contributed by atoms with Crippen molar-refractivity contribution in [1.29, 1.82) is 5.26 Å². The smallest absolute Gasteiger partial charge is 0.255 e. The van der Waals surface area contributed by atoms with E-state index in [1.807, 2.05) is 6.07 Å². The van der Waals surface area contributed by atoms with Gasteiger partial charge in [-0.2, -0.15) is 5.26 Å². The van der Waals surface area contributed by atoms with Crippen LogP contribution in [0.1, 0.15) is 15.9 Å². The number of hydrogen-bond donors (Lipinski definition) is 1. The first kappa shape index (κ1) is 15.3. The minimum Gasteiger partial charge on any atom is -0.321 e. The van der Waals surface area contributed by atoms with Gasteiger partial charge >= 0.3 is 0 Å². The second kappa shape index (κ2) is 6.57. The quantitative estimate of drug-likeness (QED) is 0.652. The van der Waals surface area contributed by atoms with Crippen LogP contribution in [0.4, 0.5) is 5.69 Å². The van der Waals surface area contributed by atoms with Crippen LogP contribution in [-0.2, 0) is 0 Å². The molecule has 3 nitrogen and oxygen atoms in total. The Balaban J connectivity index is 2.23. The zero-order chi connectivity index (χ0) is 14.7. The van der Waals surface area contributed by atoms with E-state index in [1.165, 1.54) is 0 Å². The number of hydrogen-bond acceptors (Lipinski definition) is 2. The van der Waals surface area contributed by atoms with Crippen molar-refractivity contribution in [1.82, 2.24) is 0 Å². The number of rotatable bonds is 2. The molecule has 0 radical (unpaired) electrons. The summed E-state index contributed by atoms with van der Waals surface area (Å²) in [5, 5.41) is 12.1. The first-order valence-corrected chi connectivity index (χ1v) is 7.72. The molecule has 20 heavy (non-hydrogen) atoms. The van der Waals surface area contributed by atoms with Crippen molar-refractivity contribution in [3.8, 4) is 6.07 Å². The minimum atomic E-state index is -0.256. The van der Waals surface area contributed by atoms with Gasteiger partial charge in [0.25, 0.3) is 5.91 Å². The van der Waals surface area contributed by atoms with Crippen molar-refractivity contribution in [3.63, 3.8) is 0 Å². The van der Waals surface area contributed by atoms with Crippen LogP contribution in [0, 0.1) is 14.9 Å². The van der Waals surface area contributed by atoms with Gasteiger partial charge in [0.2, 0.25) is 0 Å². The molecule has 0 saturated heterocycles. The monoisotopic (exact) mass is 460 g/mol. The Labute approximate surface area is 143 Å². The highest BCUT2D eigenvalue weighted by Gasteiger charge is 2.10. The molecule has 0 unspecified atom stereocenters. The van der Waals surface area contributed by atoms with E-state index >= 15 is 0 Å². The summed E-state index contributed by atoms with van der Waals surface area (Å²) in [6, 6.07) is 12.1. The number of benzene rings is 2. The number of amides is 1. The SMILES string of the molecule is N#Cc1ccc(NC(=O)c2ccc(I)c(Cl)c2)c(Br)c1. The average Bonchev–Trinajstić information content (AvgIpc) is 2.43. The maximum Gasteiger partial charge on any atom is 0.255 e. The summed E-state index contributed by atoms with van der Waals surface area (Å²) >= 11 is 11.4. The molecule has 6 heteroatoms. The number of nitrogens with zero attached hydrogens (tertiary/aromatic N) is 1. The molecule has 100 valence electrons. The molecule has 0 aliphatic rings. The van der Waals surface area contributed by atoms with E-state index in [9.17, 15) is 4.79 Å². The molecular formula is C14H7BrClIN2O. The van der Waals surface area contributed by atoms with Gasteiger partial charge in [0, 0.05) is 13.6 Å². The zero-order valence-electron chi connectivity index (χ0n) is 9.95. The van der Waals surface area contributed by atoms with Gasteiger partial charge in [-0.25, -0.2) is 0 Å². The van der Waals surface area contributed by atoms with Crippen LogP contribution in [0.5, 0.6) is 0 Å². The Hall–Kier alpha value is -1.10. The van der Waals surface area contributed by atoms with Crippen molar-refractivity contribution in [2.75, 3.05) is 5.32 Å². The maximum absolute atomic E-state index is 12.1. The Bertz CT molecular complexity index is 728. The molecule has 0 aliphatic heterocycles. The average molecular weight is 461 g/mol. The maximum atomic E-state index is 12.1. The van der Waals surface area contributed by atoms with E-state index < -0.39 is 0 Å². The van der Waals surface area contributed by atoms with Crippen LogP contribution < -0.4 is 5.32 Å². The molecule has 1 amide bonds. The van der Waals surface area contributed by atoms with Crippen LogP contribution in [0.15, 0.2) is 40.9 Å². The molecule has 0 heterocycles. The van der Waals surface area contributed by atoms with E-state index in [2.05, 4.69) is 43.8 Å². The van der Waals surface area contributed by atoms with Crippen LogP contribution in [0.25, 0.3) is 0 Å². The molecule has 0 atom stereocenters. The lowest BCUT2D eigenvalue weighted by atomic mass is 10.2. The Morgan fingerprint density at radius 3 is 2.65 bits per heavy atom. The molecule has 2 aromatic rings. The first-order chi connectivity index (χ1) is 9.51. The minimum absolute atomic E-state index is 0.256. The normalized spacial score (nSPS) is 9.90. The third-order valence-corrected chi connectivity index (χ3v) is 4.76. The van der Waals surface area contributed by atoms with Gasteiger partial charge in [-0.15, -0.1) is 0 Å². The van der Waals surface area contributed by atoms with Gasteiger partial charge in [-0.3, -0.25) is 4.79 Å². The highest BCUT2D eigenvalue weighted by atomic mass is 127. The third-order valence-electron chi connectivity index (χ3n) is 2.53. The Morgan fingerprint density at radius 2 is 2.05 bits per heavy atom. The van der Waals surface area contributed by atoms with E-state index in [1.54, 1.807) is 36.4 Å². The summed E-state index contributed by atoms with van der Waals surface area (Å²) in [5.41, 5.74) is 1.60. The predicted molar refractivity (Wildman–Crippen MR) is 91.0 cm³/mol. The van der Waals surface area contributed by atoms with Gasteiger partial charge < -0.3 is 5.32 Å². The second-order valence-electron chi connectivity index (χ2n) is 3.89. The summed E-state index contributed by atoms with van der Waals surface area (Å²) in [5.74, 6) is -0.256. The van der Waals surface area contributed by atoms with Crippen LogP contribution in [-0.4, -0.2) is 5.91 Å². The van der Waals surface area contributed by atoms with E-state index in [-0.39, 0.29) is 5.91 Å². The fourth-order valence-electron chi connectivity index (χ4n) is 1.52. The lowest BCUT2D eigenvalue weighted by molar-refractivity contribution is 0.102. The summed E-state index contributed by atoms with van der Waals surface area (Å²) in [6.45, 7) is 0. The predicted octanol–water partition coefficient (Wildman–Crippen LogP) is 4.83. The summed E-state index contributed by atoms with van der Waals surface area (Å²) in [7, 11) is 0. The number of nitriles is 1. The van der Waals surface area contributed by atoms with Crippen molar-refractivity contribution in [2.45, 2.75) is 0 Å². The lowest BCUT2D eigenvalue weighted by Crippen LogP contribution is -2.12. The van der Waals surface area contributed by atoms with E-state index in [0.29, 0.717) is 26.3 Å². The largest absolute Gasteiger partial charge is 0.321 e. The second-order valence-corrected chi connectivity index (χ2v) is 6.31. The highest BCUT2D eigenvalue weighted by molar-refractivity contribution is 14.1. The van der Waals surface area contributed by atoms with E-state index in [0.717, 1.165) is 3.57 Å². The fourth-order valence-corrected chi connectivity index (χ4v) is 2.51. The highest BCUT2D eigenvalue weighted by Crippen LogP contribution is 2.25. The lowest BCUT2D eigenvalue weighted by Gasteiger charge is -2.08. The number of carbonyl (C=O) groups is 1. The molecule has 0 aliphatic carbocycles. The first-order valence-electron chi connectivity index (χ1n) is 5.47. The Morgan fingerprint density at radius 1 is 1.30 bits per heavy atom. The van der Waals surface area contributed by atoms with Gasteiger partial charge in [0.1, 0.15) is 0 Å². The number of carbonyl (C=O) groups excluding carboxylic acids is 1. The fraction of sp³-hybridized carbons (Fsp3) is 0. The molecule has 0 spiro atoms. The molecule has 1 N–H and O–H groups in total. The molecule has 0 fully saturated rings. The molecule has 0 bridgehead atoms. The number of anilines is 1. The summed E-state index contributed by atoms with van der Waals surface area (Å²) in [4.78, 5) is 12.1. The van der Waals surface area contributed by atoms with Crippen LogP contribution in [0.3, 0.4) is 0 Å². The summed E-state index contributed by atoms with van der Waals surface area (Å²) < 4.78 is 1.54. The topological polar surface area (TPSA) is 52.9 Å². The van der Waals surface area contributed by atoms with Crippen molar-refractivity contribution in [2.24, 2.45) is 0 Å². The van der Waals surface area contributed by atoms with Gasteiger partial charge in [0.05, 0.1) is 22.3 Å². The summed E-state index contributed by atoms with van der Waals surface area (Å²) in [6.07, 6.45) is 0. The van der Waals surface area contributed by atoms with E-state index in [4.69, 9.17) is 16.9 Å². The standard InChI is InChI=1S/C14H7BrClIN2O/c15-10-5-8(7-18)1-4-13(10)19-14(20)9-2-3-12(17)11(16)6-9/h1-6H,(H,19,20). The molecule has 0 saturated carbocycles. The van der Waals surface area contributed by atoms with Gasteiger partial charge in [-0.05, 0) is 74.9 Å². The Kier molecular flexibility index (Phi) is 5.02. The van der Waals surface area contributed by atoms with Crippen molar-refractivity contribution >= 4 is 61.7 Å². The van der Waals surface area contributed by atoms with Crippen LogP contribution in [0.2, 0.25) is 5.02 Å². The number of nitrogens with one attached hydrogen (secondary N) is 1. The zero-order valence-corrected chi connectivity index (χ0v) is 14.5. The molecule has 2 aromatic carbocycles. The van der Waals surface area contributed by atoms with Crippen molar-refractivity contribution in [3.05, 3.63) is 60.6 Å². The van der Waals surface area contributed by atoms with Crippen LogP contribution >= 0.6 is 50.1 Å². The third kappa shape index (κ3) is 3.51. The van der Waals surface area contributed by atoms with Crippen molar-refractivity contribution < 1.29 is 4.79 Å².